The van der Waals surface area contributed by atoms with E-state index < -0.39 is 0 Å². The molecule has 0 N–H and O–H groups in total. The second kappa shape index (κ2) is 7.99. The van der Waals surface area contributed by atoms with Gasteiger partial charge in [-0.25, -0.2) is 4.39 Å². The van der Waals surface area contributed by atoms with Crippen LogP contribution < -0.4 is 0 Å². The first-order valence-electron chi connectivity index (χ1n) is 10.9. The highest BCUT2D eigenvalue weighted by atomic mass is 19.1. The summed E-state index contributed by atoms with van der Waals surface area (Å²) in [5.74, 6) is -0.357. The van der Waals surface area contributed by atoms with Gasteiger partial charge in [0.25, 0.3) is 0 Å². The zero-order chi connectivity index (χ0) is 23.1. The van der Waals surface area contributed by atoms with Crippen LogP contribution in [0.5, 0.6) is 0 Å². The number of halogens is 1. The van der Waals surface area contributed by atoms with Crippen molar-refractivity contribution in [1.82, 2.24) is 4.98 Å². The molecule has 6 rings (SSSR count). The first-order valence-corrected chi connectivity index (χ1v) is 10.9. The van der Waals surface area contributed by atoms with E-state index in [-0.39, 0.29) is 5.82 Å². The summed E-state index contributed by atoms with van der Waals surface area (Å²) < 4.78 is 20.3. The summed E-state index contributed by atoms with van der Waals surface area (Å²) in [6.07, 6.45) is 1.44. The van der Waals surface area contributed by atoms with Crippen LogP contribution in [0, 0.1) is 17.1 Å². The van der Waals surface area contributed by atoms with E-state index in [1.807, 2.05) is 60.7 Å². The standard InChI is InChI=1S/C30H17FN2O/c31-23-15-16-33-27(17-23)26-8-4-7-24-25-14-13-22(18-32)28(30(25)34-29(24)26)21-11-9-20(10-12-21)19-5-2-1-3-6-19/h1-17H. The second-order valence-corrected chi connectivity index (χ2v) is 8.06. The normalized spacial score (nSPS) is 11.1. The van der Waals surface area contributed by atoms with Gasteiger partial charge in [0.2, 0.25) is 0 Å². The van der Waals surface area contributed by atoms with Crippen molar-refractivity contribution >= 4 is 21.9 Å². The monoisotopic (exact) mass is 440 g/mol. The number of rotatable bonds is 3. The maximum atomic E-state index is 13.9. The number of hydrogen-bond donors (Lipinski definition) is 0. The second-order valence-electron chi connectivity index (χ2n) is 8.06. The van der Waals surface area contributed by atoms with Crippen molar-refractivity contribution in [3.8, 4) is 39.6 Å². The fraction of sp³-hybridized carbons (Fsp3) is 0. The number of nitriles is 1. The van der Waals surface area contributed by atoms with E-state index in [1.165, 1.54) is 18.3 Å². The van der Waals surface area contributed by atoms with Crippen LogP contribution in [0.1, 0.15) is 5.56 Å². The van der Waals surface area contributed by atoms with Gasteiger partial charge in [-0.05, 0) is 41.0 Å². The lowest BCUT2D eigenvalue weighted by atomic mass is 9.95. The number of aromatic nitrogens is 1. The molecule has 0 spiro atoms. The van der Waals surface area contributed by atoms with E-state index in [1.54, 1.807) is 0 Å². The van der Waals surface area contributed by atoms with Crippen molar-refractivity contribution in [1.29, 1.82) is 5.26 Å². The molecule has 4 heteroatoms. The summed E-state index contributed by atoms with van der Waals surface area (Å²) in [7, 11) is 0. The van der Waals surface area contributed by atoms with E-state index in [0.29, 0.717) is 28.0 Å². The Balaban J connectivity index is 1.58. The molecule has 0 radical (unpaired) electrons. The molecule has 0 amide bonds. The van der Waals surface area contributed by atoms with Gasteiger partial charge in [0.05, 0.1) is 17.3 Å². The molecule has 0 bridgehead atoms. The quantitative estimate of drug-likeness (QED) is 0.280. The predicted octanol–water partition coefficient (Wildman–Crippen LogP) is 7.99. The summed E-state index contributed by atoms with van der Waals surface area (Å²) in [5.41, 5.74) is 6.85. The van der Waals surface area contributed by atoms with Gasteiger partial charge in [0.15, 0.2) is 0 Å². The highest BCUT2D eigenvalue weighted by Gasteiger charge is 2.19. The summed E-state index contributed by atoms with van der Waals surface area (Å²) in [4.78, 5) is 4.33. The SMILES string of the molecule is N#Cc1ccc2c(oc3c(-c4cc(F)ccn4)cccc32)c1-c1ccc(-c2ccccc2)cc1. The topological polar surface area (TPSA) is 49.8 Å². The first kappa shape index (κ1) is 19.9. The Morgan fingerprint density at radius 2 is 1.44 bits per heavy atom. The summed E-state index contributed by atoms with van der Waals surface area (Å²) >= 11 is 0. The molecule has 0 unspecified atom stereocenters. The van der Waals surface area contributed by atoms with Crippen LogP contribution in [0.2, 0.25) is 0 Å². The fourth-order valence-corrected chi connectivity index (χ4v) is 4.46. The zero-order valence-corrected chi connectivity index (χ0v) is 18.0. The van der Waals surface area contributed by atoms with Crippen molar-refractivity contribution in [3.63, 3.8) is 0 Å². The lowest BCUT2D eigenvalue weighted by Crippen LogP contribution is -1.86. The van der Waals surface area contributed by atoms with Gasteiger partial charge >= 0.3 is 0 Å². The molecule has 4 aromatic carbocycles. The Hall–Kier alpha value is -4.75. The van der Waals surface area contributed by atoms with E-state index in [4.69, 9.17) is 4.42 Å². The first-order chi connectivity index (χ1) is 16.7. The van der Waals surface area contributed by atoms with Crippen molar-refractivity contribution in [2.45, 2.75) is 0 Å². The summed E-state index contributed by atoms with van der Waals surface area (Å²) in [6.45, 7) is 0. The average Bonchev–Trinajstić information content (AvgIpc) is 3.27. The van der Waals surface area contributed by atoms with Crippen molar-refractivity contribution in [2.75, 3.05) is 0 Å². The number of furan rings is 1. The molecule has 0 saturated carbocycles. The number of hydrogen-bond acceptors (Lipinski definition) is 3. The van der Waals surface area contributed by atoms with E-state index in [0.717, 1.165) is 33.0 Å². The Morgan fingerprint density at radius 1 is 0.706 bits per heavy atom. The van der Waals surface area contributed by atoms with Gasteiger partial charge in [0.1, 0.15) is 17.0 Å². The van der Waals surface area contributed by atoms with Crippen molar-refractivity contribution in [2.24, 2.45) is 0 Å². The average molecular weight is 440 g/mol. The molecule has 0 atom stereocenters. The van der Waals surface area contributed by atoms with Crippen molar-refractivity contribution in [3.05, 3.63) is 115 Å². The minimum Gasteiger partial charge on any atom is -0.455 e. The minimum atomic E-state index is -0.357. The van der Waals surface area contributed by atoms with Crippen LogP contribution in [0.15, 0.2) is 108 Å². The number of nitrogens with zero attached hydrogens (tertiary/aromatic N) is 2. The van der Waals surface area contributed by atoms with E-state index in [2.05, 4.69) is 35.3 Å². The molecule has 2 heterocycles. The Labute approximate surface area is 195 Å². The highest BCUT2D eigenvalue weighted by molar-refractivity contribution is 6.13. The molecule has 0 aliphatic heterocycles. The Morgan fingerprint density at radius 3 is 2.21 bits per heavy atom. The Bertz CT molecular complexity index is 1710. The third kappa shape index (κ3) is 3.23. The minimum absolute atomic E-state index is 0.357. The highest BCUT2D eigenvalue weighted by Crippen LogP contribution is 2.41. The molecule has 160 valence electrons. The molecular formula is C30H17FN2O. The summed E-state index contributed by atoms with van der Waals surface area (Å²) in [6, 6.07) is 32.8. The molecule has 6 aromatic rings. The van der Waals surface area contributed by atoms with E-state index in [9.17, 15) is 9.65 Å². The molecule has 2 aromatic heterocycles. The molecule has 0 aliphatic rings. The van der Waals surface area contributed by atoms with Crippen LogP contribution in [0.4, 0.5) is 4.39 Å². The largest absolute Gasteiger partial charge is 0.455 e. The van der Waals surface area contributed by atoms with Crippen LogP contribution in [0.3, 0.4) is 0 Å². The smallest absolute Gasteiger partial charge is 0.144 e. The maximum Gasteiger partial charge on any atom is 0.144 e. The number of benzene rings is 4. The van der Waals surface area contributed by atoms with Crippen LogP contribution >= 0.6 is 0 Å². The molecule has 3 nitrogen and oxygen atoms in total. The van der Waals surface area contributed by atoms with Crippen molar-refractivity contribution < 1.29 is 8.81 Å². The van der Waals surface area contributed by atoms with Gasteiger partial charge in [0, 0.05) is 34.2 Å². The van der Waals surface area contributed by atoms with Gasteiger partial charge in [-0.15, -0.1) is 0 Å². The van der Waals surface area contributed by atoms with Gasteiger partial charge in [-0.2, -0.15) is 5.26 Å². The fourth-order valence-electron chi connectivity index (χ4n) is 4.46. The van der Waals surface area contributed by atoms with Crippen LogP contribution in [-0.2, 0) is 0 Å². The lowest BCUT2D eigenvalue weighted by Gasteiger charge is -2.07. The number of fused-ring (bicyclic) bond motifs is 3. The molecule has 0 aliphatic carbocycles. The van der Waals surface area contributed by atoms with Crippen LogP contribution in [0.25, 0.3) is 55.4 Å². The molecule has 34 heavy (non-hydrogen) atoms. The van der Waals surface area contributed by atoms with Crippen LogP contribution in [-0.4, -0.2) is 4.98 Å². The Kier molecular flexibility index (Phi) is 4.67. The van der Waals surface area contributed by atoms with E-state index >= 15 is 0 Å². The number of pyridine rings is 1. The maximum absolute atomic E-state index is 13.9. The number of para-hydroxylation sites is 1. The zero-order valence-electron chi connectivity index (χ0n) is 18.0. The molecule has 0 fully saturated rings. The molecule has 0 saturated heterocycles. The third-order valence-electron chi connectivity index (χ3n) is 6.07. The van der Waals surface area contributed by atoms with Gasteiger partial charge in [-0.3, -0.25) is 4.98 Å². The molecular weight excluding hydrogens is 423 g/mol. The summed E-state index contributed by atoms with van der Waals surface area (Å²) in [5, 5.41) is 11.7. The van der Waals surface area contributed by atoms with Gasteiger partial charge < -0.3 is 4.42 Å². The lowest BCUT2D eigenvalue weighted by molar-refractivity contribution is 0.626. The third-order valence-corrected chi connectivity index (χ3v) is 6.07. The van der Waals surface area contributed by atoms with Gasteiger partial charge in [-0.1, -0.05) is 66.7 Å². The predicted molar refractivity (Wildman–Crippen MR) is 132 cm³/mol.